The Kier molecular flexibility index (Phi) is 4.77. The van der Waals surface area contributed by atoms with Crippen LogP contribution in [0.5, 0.6) is 0 Å². The molecular weight excluding hydrogens is 301 g/mol. The highest BCUT2D eigenvalue weighted by Crippen LogP contribution is 2.25. The van der Waals surface area contributed by atoms with E-state index in [4.69, 9.17) is 0 Å². The van der Waals surface area contributed by atoms with Gasteiger partial charge in [0.2, 0.25) is 5.13 Å². The molecule has 0 aliphatic carbocycles. The van der Waals surface area contributed by atoms with E-state index in [1.807, 2.05) is 20.8 Å². The first-order valence-corrected chi connectivity index (χ1v) is 7.78. The number of nitrogens with zero attached hydrogens (tertiary/aromatic N) is 3. The van der Waals surface area contributed by atoms with E-state index in [0.29, 0.717) is 19.6 Å². The molecule has 0 spiro atoms. The van der Waals surface area contributed by atoms with Crippen molar-refractivity contribution >= 4 is 16.7 Å². The maximum absolute atomic E-state index is 12.3. The topological polar surface area (TPSA) is 41.1 Å². The van der Waals surface area contributed by atoms with Gasteiger partial charge in [-0.2, -0.15) is 17.5 Å². The van der Waals surface area contributed by atoms with Crippen molar-refractivity contribution in [2.75, 3.05) is 31.5 Å². The number of hydrogen-bond donors (Lipinski definition) is 1. The number of anilines is 1. The number of nitrogens with one attached hydrogen (secondary N) is 1. The maximum atomic E-state index is 12.3. The largest absolute Gasteiger partial charge is 0.401 e. The molecule has 8 heteroatoms. The molecule has 0 amide bonds. The molecule has 0 unspecified atom stereocenters. The predicted octanol–water partition coefficient (Wildman–Crippen LogP) is 3.13. The van der Waals surface area contributed by atoms with Gasteiger partial charge in [-0.15, -0.1) is 0 Å². The smallest absolute Gasteiger partial charge is 0.360 e. The highest BCUT2D eigenvalue weighted by molar-refractivity contribution is 7.09. The monoisotopic (exact) mass is 322 g/mol. The average Bonchev–Trinajstić information content (AvgIpc) is 2.91. The third kappa shape index (κ3) is 5.10. The fourth-order valence-electron chi connectivity index (χ4n) is 2.31. The van der Waals surface area contributed by atoms with Crippen molar-refractivity contribution in [3.05, 3.63) is 5.82 Å². The minimum atomic E-state index is -4.11. The molecule has 0 saturated carbocycles. The number of hydrogen-bond acceptors (Lipinski definition) is 5. The van der Waals surface area contributed by atoms with Gasteiger partial charge in [-0.1, -0.05) is 20.8 Å². The highest BCUT2D eigenvalue weighted by atomic mass is 32.1. The van der Waals surface area contributed by atoms with Crippen molar-refractivity contribution in [1.29, 1.82) is 0 Å². The Morgan fingerprint density at radius 1 is 1.33 bits per heavy atom. The summed E-state index contributed by atoms with van der Waals surface area (Å²) < 4.78 is 41.3. The van der Waals surface area contributed by atoms with Crippen LogP contribution in [0.4, 0.5) is 18.3 Å². The van der Waals surface area contributed by atoms with Gasteiger partial charge >= 0.3 is 6.18 Å². The van der Waals surface area contributed by atoms with E-state index in [0.717, 1.165) is 17.4 Å². The summed E-state index contributed by atoms with van der Waals surface area (Å²) in [5.74, 6) is 1.02. The number of alkyl halides is 3. The summed E-state index contributed by atoms with van der Waals surface area (Å²) in [5, 5.41) is 3.94. The van der Waals surface area contributed by atoms with E-state index in [1.165, 1.54) is 16.4 Å². The molecular formula is C13H21F3N4S. The fourth-order valence-corrected chi connectivity index (χ4v) is 3.07. The third-order valence-electron chi connectivity index (χ3n) is 3.41. The molecule has 1 aliphatic heterocycles. The normalized spacial score (nSPS) is 21.0. The highest BCUT2D eigenvalue weighted by Gasteiger charge is 2.34. The zero-order valence-electron chi connectivity index (χ0n) is 12.5. The molecule has 21 heavy (non-hydrogen) atoms. The van der Waals surface area contributed by atoms with Crippen molar-refractivity contribution in [3.63, 3.8) is 0 Å². The van der Waals surface area contributed by atoms with Crippen molar-refractivity contribution in [2.24, 2.45) is 5.92 Å². The van der Waals surface area contributed by atoms with Crippen molar-refractivity contribution in [3.8, 4) is 0 Å². The first-order chi connectivity index (χ1) is 9.63. The van der Waals surface area contributed by atoms with Gasteiger partial charge in [0.25, 0.3) is 0 Å². The molecule has 1 aromatic heterocycles. The van der Waals surface area contributed by atoms with Crippen LogP contribution < -0.4 is 5.32 Å². The van der Waals surface area contributed by atoms with Gasteiger partial charge in [0.1, 0.15) is 5.82 Å². The van der Waals surface area contributed by atoms with Crippen LogP contribution in [0.1, 0.15) is 33.0 Å². The molecule has 4 nitrogen and oxygen atoms in total. The third-order valence-corrected chi connectivity index (χ3v) is 4.08. The molecule has 1 N–H and O–H groups in total. The number of rotatable bonds is 4. The molecule has 120 valence electrons. The van der Waals surface area contributed by atoms with Crippen molar-refractivity contribution < 1.29 is 13.2 Å². The first kappa shape index (κ1) is 16.5. The average molecular weight is 322 g/mol. The summed E-state index contributed by atoms with van der Waals surface area (Å²) in [6, 6.07) is 0. The zero-order valence-corrected chi connectivity index (χ0v) is 13.3. The van der Waals surface area contributed by atoms with Crippen LogP contribution in [0.15, 0.2) is 0 Å². The summed E-state index contributed by atoms with van der Waals surface area (Å²) >= 11 is 1.30. The Balaban J connectivity index is 1.78. The minimum Gasteiger partial charge on any atom is -0.360 e. The lowest BCUT2D eigenvalue weighted by molar-refractivity contribution is -0.143. The molecule has 2 rings (SSSR count). The molecule has 1 aromatic rings. The van der Waals surface area contributed by atoms with Gasteiger partial charge in [0.05, 0.1) is 6.54 Å². The summed E-state index contributed by atoms with van der Waals surface area (Å²) in [7, 11) is 0. The molecule has 0 aromatic carbocycles. The van der Waals surface area contributed by atoms with Crippen LogP contribution in [0.25, 0.3) is 0 Å². The lowest BCUT2D eigenvalue weighted by Crippen LogP contribution is -2.33. The molecule has 1 saturated heterocycles. The van der Waals surface area contributed by atoms with Crippen LogP contribution in [0.3, 0.4) is 0 Å². The Labute approximate surface area is 126 Å². The van der Waals surface area contributed by atoms with Gasteiger partial charge in [-0.05, 0) is 18.9 Å². The Morgan fingerprint density at radius 2 is 2.05 bits per heavy atom. The summed E-state index contributed by atoms with van der Waals surface area (Å²) in [6.07, 6.45) is -3.32. The molecule has 0 radical (unpaired) electrons. The predicted molar refractivity (Wildman–Crippen MR) is 77.7 cm³/mol. The number of halogens is 3. The van der Waals surface area contributed by atoms with E-state index in [-0.39, 0.29) is 11.3 Å². The number of aromatic nitrogens is 2. The van der Waals surface area contributed by atoms with Gasteiger partial charge in [-0.25, -0.2) is 4.98 Å². The summed E-state index contributed by atoms with van der Waals surface area (Å²) in [5.41, 5.74) is -0.0900. The molecule has 2 heterocycles. The van der Waals surface area contributed by atoms with E-state index in [2.05, 4.69) is 14.7 Å². The van der Waals surface area contributed by atoms with Gasteiger partial charge in [-0.3, -0.25) is 4.90 Å². The molecule has 1 fully saturated rings. The van der Waals surface area contributed by atoms with E-state index >= 15 is 0 Å². The van der Waals surface area contributed by atoms with Crippen LogP contribution >= 0.6 is 11.5 Å². The lowest BCUT2D eigenvalue weighted by atomic mass is 9.96. The Hall–Kier alpha value is -0.890. The van der Waals surface area contributed by atoms with Gasteiger partial charge < -0.3 is 5.32 Å². The standard InChI is InChI=1S/C13H21F3N4S/c1-12(2,3)10-18-11(21-19-10)17-6-9-4-5-20(7-9)8-13(14,15)16/h9H,4-8H2,1-3H3,(H,17,18,19)/t9-/m1/s1. The van der Waals surface area contributed by atoms with Crippen molar-refractivity contribution in [2.45, 2.75) is 38.8 Å². The second-order valence-electron chi connectivity index (χ2n) is 6.56. The van der Waals surface area contributed by atoms with Gasteiger partial charge in [0, 0.05) is 30.0 Å². The molecule has 1 aliphatic rings. The van der Waals surface area contributed by atoms with Crippen LogP contribution in [-0.4, -0.2) is 46.6 Å². The van der Waals surface area contributed by atoms with Crippen LogP contribution in [-0.2, 0) is 5.41 Å². The molecule has 1 atom stereocenters. The van der Waals surface area contributed by atoms with Crippen LogP contribution in [0.2, 0.25) is 0 Å². The van der Waals surface area contributed by atoms with Crippen molar-refractivity contribution in [1.82, 2.24) is 14.3 Å². The Morgan fingerprint density at radius 3 is 2.62 bits per heavy atom. The van der Waals surface area contributed by atoms with E-state index in [1.54, 1.807) is 0 Å². The SMILES string of the molecule is CC(C)(C)c1nsc(NC[C@H]2CCN(CC(F)(F)F)C2)n1. The fraction of sp³-hybridized carbons (Fsp3) is 0.846. The lowest BCUT2D eigenvalue weighted by Gasteiger charge is -2.17. The van der Waals surface area contributed by atoms with Gasteiger partial charge in [0.15, 0.2) is 0 Å². The second-order valence-corrected chi connectivity index (χ2v) is 7.31. The second kappa shape index (κ2) is 6.08. The van der Waals surface area contributed by atoms with E-state index < -0.39 is 12.7 Å². The summed E-state index contributed by atoms with van der Waals surface area (Å²) in [6.45, 7) is 6.97. The van der Waals surface area contributed by atoms with Crippen LogP contribution in [0, 0.1) is 5.92 Å². The quantitative estimate of drug-likeness (QED) is 0.925. The van der Waals surface area contributed by atoms with E-state index in [9.17, 15) is 13.2 Å². The minimum absolute atomic E-state index is 0.0900. The Bertz CT molecular complexity index is 467. The zero-order chi connectivity index (χ0) is 15.7. The summed E-state index contributed by atoms with van der Waals surface area (Å²) in [4.78, 5) is 5.89. The first-order valence-electron chi connectivity index (χ1n) is 7.01. The number of likely N-dealkylation sites (tertiary alicyclic amines) is 1. The maximum Gasteiger partial charge on any atom is 0.401 e. The molecule has 0 bridgehead atoms.